The van der Waals surface area contributed by atoms with E-state index in [4.69, 9.17) is 0 Å². The summed E-state index contributed by atoms with van der Waals surface area (Å²) in [5.74, 6) is 0. The van der Waals surface area contributed by atoms with E-state index in [1.165, 1.54) is 40.7 Å². The molecule has 2 aromatic heterocycles. The molecule has 21 heavy (non-hydrogen) atoms. The van der Waals surface area contributed by atoms with Crippen molar-refractivity contribution in [2.45, 2.75) is 44.7 Å². The lowest BCUT2D eigenvalue weighted by Crippen LogP contribution is -2.38. The van der Waals surface area contributed by atoms with Gasteiger partial charge in [-0.1, -0.05) is 19.3 Å². The Morgan fingerprint density at radius 2 is 1.90 bits per heavy atom. The van der Waals surface area contributed by atoms with E-state index in [-0.39, 0.29) is 17.8 Å². The molecular weight excluding hydrogens is 268 g/mol. The van der Waals surface area contributed by atoms with E-state index in [1.807, 2.05) is 16.9 Å². The van der Waals surface area contributed by atoms with E-state index in [2.05, 4.69) is 5.10 Å². The number of hydrogen-bond donors (Lipinski definition) is 0. The van der Waals surface area contributed by atoms with E-state index < -0.39 is 0 Å². The van der Waals surface area contributed by atoms with Crippen molar-refractivity contribution in [3.05, 3.63) is 51.1 Å². The number of hydrogen-bond acceptors (Lipinski definition) is 3. The Morgan fingerprint density at radius 3 is 2.67 bits per heavy atom. The minimum absolute atomic E-state index is 0.228. The molecule has 3 rings (SSSR count). The highest BCUT2D eigenvalue weighted by atomic mass is 16.2. The maximum absolute atomic E-state index is 12.0. The zero-order valence-electron chi connectivity index (χ0n) is 12.2. The van der Waals surface area contributed by atoms with Gasteiger partial charge in [0.25, 0.3) is 5.56 Å². The average Bonchev–Trinajstić information content (AvgIpc) is 2.97. The van der Waals surface area contributed by atoms with Gasteiger partial charge in [-0.2, -0.15) is 5.10 Å². The van der Waals surface area contributed by atoms with Crippen LogP contribution in [0.25, 0.3) is 0 Å². The van der Waals surface area contributed by atoms with Crippen molar-refractivity contribution in [2.75, 3.05) is 0 Å². The van der Waals surface area contributed by atoms with Crippen molar-refractivity contribution < 1.29 is 0 Å². The first-order valence-electron chi connectivity index (χ1n) is 7.45. The standard InChI is InChI=1S/C15H20N4O2/c1-17-9-8-14(20)18(15(17)21)11-12-7-10-19(16-12)13-5-3-2-4-6-13/h7-10,13H,2-6,11H2,1H3. The molecule has 1 fully saturated rings. The topological polar surface area (TPSA) is 61.8 Å². The van der Waals surface area contributed by atoms with Crippen LogP contribution in [0.3, 0.4) is 0 Å². The van der Waals surface area contributed by atoms with Crippen LogP contribution in [0.5, 0.6) is 0 Å². The highest BCUT2D eigenvalue weighted by molar-refractivity contribution is 5.02. The van der Waals surface area contributed by atoms with Gasteiger partial charge in [0.1, 0.15) is 0 Å². The second kappa shape index (κ2) is 5.71. The predicted octanol–water partition coefficient (Wildman–Crippen LogP) is 1.30. The Kier molecular flexibility index (Phi) is 3.77. The molecular formula is C15H20N4O2. The van der Waals surface area contributed by atoms with Gasteiger partial charge in [-0.05, 0) is 18.9 Å². The number of rotatable bonds is 3. The van der Waals surface area contributed by atoms with Crippen molar-refractivity contribution in [1.82, 2.24) is 18.9 Å². The molecule has 0 bridgehead atoms. The first kappa shape index (κ1) is 13.9. The maximum atomic E-state index is 12.0. The molecule has 0 spiro atoms. The van der Waals surface area contributed by atoms with Gasteiger partial charge in [-0.15, -0.1) is 0 Å². The molecule has 1 aliphatic rings. The molecule has 2 aromatic rings. The van der Waals surface area contributed by atoms with Crippen LogP contribution in [0, 0.1) is 0 Å². The van der Waals surface area contributed by atoms with E-state index in [0.29, 0.717) is 6.04 Å². The zero-order valence-corrected chi connectivity index (χ0v) is 12.2. The summed E-state index contributed by atoms with van der Waals surface area (Å²) in [5.41, 5.74) is 0.158. The van der Waals surface area contributed by atoms with Gasteiger partial charge in [-0.25, -0.2) is 4.79 Å². The Hall–Kier alpha value is -2.11. The van der Waals surface area contributed by atoms with Crippen molar-refractivity contribution >= 4 is 0 Å². The minimum Gasteiger partial charge on any atom is -0.303 e. The van der Waals surface area contributed by atoms with Crippen LogP contribution < -0.4 is 11.2 Å². The number of aromatic nitrogens is 4. The Labute approximate surface area is 122 Å². The third kappa shape index (κ3) is 2.84. The summed E-state index contributed by atoms with van der Waals surface area (Å²) in [6, 6.07) is 3.76. The summed E-state index contributed by atoms with van der Waals surface area (Å²) in [6.45, 7) is 0.228. The van der Waals surface area contributed by atoms with Crippen LogP contribution in [0.2, 0.25) is 0 Å². The van der Waals surface area contributed by atoms with Crippen LogP contribution in [-0.2, 0) is 13.6 Å². The lowest BCUT2D eigenvalue weighted by atomic mass is 9.96. The van der Waals surface area contributed by atoms with E-state index in [1.54, 1.807) is 7.05 Å². The van der Waals surface area contributed by atoms with Gasteiger partial charge in [0.15, 0.2) is 0 Å². The maximum Gasteiger partial charge on any atom is 0.331 e. The smallest absolute Gasteiger partial charge is 0.303 e. The summed E-state index contributed by atoms with van der Waals surface area (Å²) >= 11 is 0. The van der Waals surface area contributed by atoms with Crippen molar-refractivity contribution in [2.24, 2.45) is 7.05 Å². The summed E-state index contributed by atoms with van der Waals surface area (Å²) in [5, 5.41) is 4.55. The van der Waals surface area contributed by atoms with E-state index in [9.17, 15) is 9.59 Å². The van der Waals surface area contributed by atoms with Gasteiger partial charge >= 0.3 is 5.69 Å². The van der Waals surface area contributed by atoms with Gasteiger partial charge in [0.05, 0.1) is 18.3 Å². The fraction of sp³-hybridized carbons (Fsp3) is 0.533. The molecule has 0 saturated heterocycles. The molecule has 112 valence electrons. The lowest BCUT2D eigenvalue weighted by Gasteiger charge is -2.21. The van der Waals surface area contributed by atoms with Crippen LogP contribution in [0.1, 0.15) is 43.8 Å². The fourth-order valence-corrected chi connectivity index (χ4v) is 2.93. The average molecular weight is 288 g/mol. The summed E-state index contributed by atoms with van der Waals surface area (Å²) in [7, 11) is 1.64. The molecule has 0 aliphatic heterocycles. The number of aryl methyl sites for hydroxylation is 1. The quantitative estimate of drug-likeness (QED) is 0.855. The van der Waals surface area contributed by atoms with Crippen molar-refractivity contribution in [3.8, 4) is 0 Å². The normalized spacial score (nSPS) is 16.2. The fourth-order valence-electron chi connectivity index (χ4n) is 2.93. The molecule has 6 heteroatoms. The van der Waals surface area contributed by atoms with Gasteiger partial charge in [-0.3, -0.25) is 14.0 Å². The number of nitrogens with zero attached hydrogens (tertiary/aromatic N) is 4. The van der Waals surface area contributed by atoms with Gasteiger partial charge < -0.3 is 4.57 Å². The molecule has 0 atom stereocenters. The lowest BCUT2D eigenvalue weighted by molar-refractivity contribution is 0.327. The molecule has 0 radical (unpaired) electrons. The molecule has 2 heterocycles. The third-order valence-corrected chi connectivity index (χ3v) is 4.17. The van der Waals surface area contributed by atoms with E-state index in [0.717, 1.165) is 18.5 Å². The monoisotopic (exact) mass is 288 g/mol. The summed E-state index contributed by atoms with van der Waals surface area (Å²) in [4.78, 5) is 23.8. The predicted molar refractivity (Wildman–Crippen MR) is 79.4 cm³/mol. The van der Waals surface area contributed by atoms with Crippen LogP contribution in [0.15, 0.2) is 34.1 Å². The molecule has 1 saturated carbocycles. The first-order chi connectivity index (χ1) is 10.1. The van der Waals surface area contributed by atoms with E-state index >= 15 is 0 Å². The molecule has 0 amide bonds. The van der Waals surface area contributed by atoms with Crippen LogP contribution in [0.4, 0.5) is 0 Å². The zero-order chi connectivity index (χ0) is 14.8. The second-order valence-corrected chi connectivity index (χ2v) is 5.71. The van der Waals surface area contributed by atoms with Gasteiger partial charge in [0.2, 0.25) is 0 Å². The van der Waals surface area contributed by atoms with Crippen molar-refractivity contribution in [3.63, 3.8) is 0 Å². The minimum atomic E-state index is -0.310. The van der Waals surface area contributed by atoms with Crippen molar-refractivity contribution in [1.29, 1.82) is 0 Å². The summed E-state index contributed by atoms with van der Waals surface area (Å²) < 4.78 is 4.61. The highest BCUT2D eigenvalue weighted by Crippen LogP contribution is 2.27. The molecule has 1 aliphatic carbocycles. The highest BCUT2D eigenvalue weighted by Gasteiger charge is 2.16. The second-order valence-electron chi connectivity index (χ2n) is 5.71. The summed E-state index contributed by atoms with van der Waals surface area (Å²) in [6.07, 6.45) is 9.57. The third-order valence-electron chi connectivity index (χ3n) is 4.17. The molecule has 0 aromatic carbocycles. The Balaban J connectivity index is 1.83. The SMILES string of the molecule is Cn1ccc(=O)n(Cc2ccn(C3CCCCC3)n2)c1=O. The Bertz CT molecular complexity index is 735. The largest absolute Gasteiger partial charge is 0.331 e. The van der Waals surface area contributed by atoms with Crippen LogP contribution >= 0.6 is 0 Å². The molecule has 6 nitrogen and oxygen atoms in total. The van der Waals surface area contributed by atoms with Gasteiger partial charge in [0, 0.05) is 25.5 Å². The Morgan fingerprint density at radius 1 is 1.14 bits per heavy atom. The van der Waals surface area contributed by atoms with Crippen LogP contribution in [-0.4, -0.2) is 18.9 Å². The molecule has 0 unspecified atom stereocenters. The molecule has 0 N–H and O–H groups in total. The first-order valence-corrected chi connectivity index (χ1v) is 7.45.